The molecule has 3 heteroatoms. The number of rotatable bonds is 6. The highest BCUT2D eigenvalue weighted by molar-refractivity contribution is 5.89. The van der Waals surface area contributed by atoms with Crippen LogP contribution in [0.3, 0.4) is 0 Å². The first-order valence-corrected chi connectivity index (χ1v) is 6.36. The molecule has 0 N–H and O–H groups in total. The van der Waals surface area contributed by atoms with Gasteiger partial charge >= 0.3 is 5.97 Å². The van der Waals surface area contributed by atoms with Crippen LogP contribution in [0.5, 0.6) is 0 Å². The summed E-state index contributed by atoms with van der Waals surface area (Å²) in [6, 6.07) is 18.5. The SMILES string of the molecule is C=C(OCCOC(=O)c1ccccc1)c1ccccc1. The minimum absolute atomic E-state index is 0.194. The number of carbonyl (C=O) groups excluding carboxylic acids is 1. The smallest absolute Gasteiger partial charge is 0.338 e. The second-order valence-corrected chi connectivity index (χ2v) is 4.14. The second-order valence-electron chi connectivity index (χ2n) is 4.14. The van der Waals surface area contributed by atoms with Gasteiger partial charge < -0.3 is 9.47 Å². The van der Waals surface area contributed by atoms with Crippen LogP contribution in [0, 0.1) is 0 Å². The first kappa shape index (κ1) is 13.9. The number of benzene rings is 2. The molecule has 0 aliphatic carbocycles. The standard InChI is InChI=1S/C17H16O3/c1-14(15-8-4-2-5-9-15)19-12-13-20-17(18)16-10-6-3-7-11-16/h2-11H,1,12-13H2. The third-order valence-corrected chi connectivity index (χ3v) is 2.70. The Labute approximate surface area is 118 Å². The number of ether oxygens (including phenoxy) is 2. The minimum atomic E-state index is -0.348. The van der Waals surface area contributed by atoms with Gasteiger partial charge in [-0.2, -0.15) is 0 Å². The number of esters is 1. The van der Waals surface area contributed by atoms with Gasteiger partial charge in [-0.25, -0.2) is 4.79 Å². The topological polar surface area (TPSA) is 35.5 Å². The zero-order valence-electron chi connectivity index (χ0n) is 11.1. The fourth-order valence-corrected chi connectivity index (χ4v) is 1.66. The van der Waals surface area contributed by atoms with E-state index in [-0.39, 0.29) is 19.2 Å². The number of carbonyl (C=O) groups is 1. The number of hydrogen-bond donors (Lipinski definition) is 0. The molecule has 0 aliphatic heterocycles. The molecule has 20 heavy (non-hydrogen) atoms. The summed E-state index contributed by atoms with van der Waals surface area (Å²) >= 11 is 0. The molecule has 0 spiro atoms. The van der Waals surface area contributed by atoms with Gasteiger partial charge in [0.1, 0.15) is 19.0 Å². The van der Waals surface area contributed by atoms with E-state index >= 15 is 0 Å². The van der Waals surface area contributed by atoms with Crippen molar-refractivity contribution in [3.05, 3.63) is 78.4 Å². The van der Waals surface area contributed by atoms with Crippen molar-refractivity contribution in [1.82, 2.24) is 0 Å². The lowest BCUT2D eigenvalue weighted by Gasteiger charge is -2.09. The summed E-state index contributed by atoms with van der Waals surface area (Å²) in [7, 11) is 0. The molecule has 102 valence electrons. The van der Waals surface area contributed by atoms with Crippen LogP contribution < -0.4 is 0 Å². The van der Waals surface area contributed by atoms with E-state index in [4.69, 9.17) is 9.47 Å². The van der Waals surface area contributed by atoms with Crippen LogP contribution in [0.4, 0.5) is 0 Å². The average molecular weight is 268 g/mol. The van der Waals surface area contributed by atoms with E-state index in [9.17, 15) is 4.79 Å². The van der Waals surface area contributed by atoms with Crippen molar-refractivity contribution in [1.29, 1.82) is 0 Å². The van der Waals surface area contributed by atoms with Gasteiger partial charge in [-0.05, 0) is 12.1 Å². The average Bonchev–Trinajstić information content (AvgIpc) is 2.53. The minimum Gasteiger partial charge on any atom is -0.490 e. The highest BCUT2D eigenvalue weighted by atomic mass is 16.6. The van der Waals surface area contributed by atoms with Gasteiger partial charge in [0.05, 0.1) is 5.56 Å². The molecule has 0 aromatic heterocycles. The van der Waals surface area contributed by atoms with Crippen molar-refractivity contribution in [2.24, 2.45) is 0 Å². The van der Waals surface area contributed by atoms with Gasteiger partial charge in [0, 0.05) is 5.56 Å². The Kier molecular flexibility index (Phi) is 4.95. The van der Waals surface area contributed by atoms with E-state index in [1.807, 2.05) is 36.4 Å². The molecule has 0 saturated heterocycles. The third kappa shape index (κ3) is 3.99. The van der Waals surface area contributed by atoms with Gasteiger partial charge in [-0.1, -0.05) is 55.1 Å². The molecule has 2 rings (SSSR count). The summed E-state index contributed by atoms with van der Waals surface area (Å²) in [6.07, 6.45) is 0. The molecule has 0 heterocycles. The zero-order chi connectivity index (χ0) is 14.2. The Morgan fingerprint density at radius 2 is 1.30 bits per heavy atom. The predicted octanol–water partition coefficient (Wildman–Crippen LogP) is 3.53. The Morgan fingerprint density at radius 3 is 1.90 bits per heavy atom. The monoisotopic (exact) mass is 268 g/mol. The van der Waals surface area contributed by atoms with Crippen LogP contribution in [0.2, 0.25) is 0 Å². The van der Waals surface area contributed by atoms with Crippen LogP contribution in [0.25, 0.3) is 5.76 Å². The maximum atomic E-state index is 11.7. The molecule has 0 bridgehead atoms. The molecular weight excluding hydrogens is 252 g/mol. The van der Waals surface area contributed by atoms with E-state index in [1.54, 1.807) is 24.3 Å². The molecule has 0 saturated carbocycles. The summed E-state index contributed by atoms with van der Waals surface area (Å²) in [6.45, 7) is 4.32. The molecule has 2 aromatic rings. The van der Waals surface area contributed by atoms with Crippen LogP contribution in [0.15, 0.2) is 67.2 Å². The molecule has 0 aliphatic rings. The van der Waals surface area contributed by atoms with E-state index in [0.29, 0.717) is 11.3 Å². The van der Waals surface area contributed by atoms with Crippen molar-refractivity contribution in [2.45, 2.75) is 0 Å². The fourth-order valence-electron chi connectivity index (χ4n) is 1.66. The van der Waals surface area contributed by atoms with Crippen molar-refractivity contribution in [3.8, 4) is 0 Å². The van der Waals surface area contributed by atoms with Gasteiger partial charge in [0.15, 0.2) is 0 Å². The quantitative estimate of drug-likeness (QED) is 0.457. The zero-order valence-corrected chi connectivity index (χ0v) is 11.1. The first-order valence-electron chi connectivity index (χ1n) is 6.36. The molecule has 3 nitrogen and oxygen atoms in total. The second kappa shape index (κ2) is 7.14. The van der Waals surface area contributed by atoms with Crippen LogP contribution in [0.1, 0.15) is 15.9 Å². The Hall–Kier alpha value is -2.55. The molecule has 0 atom stereocenters. The lowest BCUT2D eigenvalue weighted by molar-refractivity contribution is 0.0433. The molecule has 0 radical (unpaired) electrons. The van der Waals surface area contributed by atoms with E-state index in [0.717, 1.165) is 5.56 Å². The van der Waals surface area contributed by atoms with E-state index in [2.05, 4.69) is 6.58 Å². The van der Waals surface area contributed by atoms with Gasteiger partial charge in [0.2, 0.25) is 0 Å². The Bertz CT molecular complexity index is 508. The van der Waals surface area contributed by atoms with Crippen molar-refractivity contribution >= 4 is 11.7 Å². The predicted molar refractivity (Wildman–Crippen MR) is 78.2 cm³/mol. The Morgan fingerprint density at radius 1 is 0.800 bits per heavy atom. The van der Waals surface area contributed by atoms with Crippen LogP contribution in [-0.2, 0) is 9.47 Å². The normalized spacial score (nSPS) is 9.80. The maximum Gasteiger partial charge on any atom is 0.338 e. The molecule has 0 unspecified atom stereocenters. The number of hydrogen-bond acceptors (Lipinski definition) is 3. The molecule has 2 aromatic carbocycles. The summed E-state index contributed by atoms with van der Waals surface area (Å²) in [4.78, 5) is 11.7. The fraction of sp³-hybridized carbons (Fsp3) is 0.118. The lowest BCUT2D eigenvalue weighted by Crippen LogP contribution is -2.10. The Balaban J connectivity index is 1.72. The summed E-state index contributed by atoms with van der Waals surface area (Å²) in [5.74, 6) is 0.223. The molecule has 0 fully saturated rings. The first-order chi connectivity index (χ1) is 9.77. The van der Waals surface area contributed by atoms with Crippen molar-refractivity contribution < 1.29 is 14.3 Å². The highest BCUT2D eigenvalue weighted by Gasteiger charge is 2.05. The summed E-state index contributed by atoms with van der Waals surface area (Å²) < 4.78 is 10.6. The highest BCUT2D eigenvalue weighted by Crippen LogP contribution is 2.12. The maximum absolute atomic E-state index is 11.7. The third-order valence-electron chi connectivity index (χ3n) is 2.70. The molecular formula is C17H16O3. The lowest BCUT2D eigenvalue weighted by atomic mass is 10.2. The van der Waals surface area contributed by atoms with Crippen molar-refractivity contribution in [3.63, 3.8) is 0 Å². The summed E-state index contributed by atoms with van der Waals surface area (Å²) in [5, 5.41) is 0. The van der Waals surface area contributed by atoms with E-state index < -0.39 is 0 Å². The van der Waals surface area contributed by atoms with Crippen molar-refractivity contribution in [2.75, 3.05) is 13.2 Å². The van der Waals surface area contributed by atoms with E-state index in [1.165, 1.54) is 0 Å². The van der Waals surface area contributed by atoms with Crippen LogP contribution >= 0.6 is 0 Å². The van der Waals surface area contributed by atoms with Crippen LogP contribution in [-0.4, -0.2) is 19.2 Å². The summed E-state index contributed by atoms with van der Waals surface area (Å²) in [5.41, 5.74) is 1.45. The largest absolute Gasteiger partial charge is 0.490 e. The van der Waals surface area contributed by atoms with Gasteiger partial charge in [-0.3, -0.25) is 0 Å². The van der Waals surface area contributed by atoms with Gasteiger partial charge in [0.25, 0.3) is 0 Å². The molecule has 0 amide bonds. The van der Waals surface area contributed by atoms with Gasteiger partial charge in [-0.15, -0.1) is 0 Å².